The zero-order valence-corrected chi connectivity index (χ0v) is 13.6. The highest BCUT2D eigenvalue weighted by molar-refractivity contribution is 6.01. The summed E-state index contributed by atoms with van der Waals surface area (Å²) in [5, 5.41) is 9.87. The zero-order valence-electron chi connectivity index (χ0n) is 13.6. The van der Waals surface area contributed by atoms with Crippen LogP contribution in [-0.2, 0) is 19.1 Å². The van der Waals surface area contributed by atoms with Gasteiger partial charge in [0, 0.05) is 13.0 Å². The van der Waals surface area contributed by atoms with Gasteiger partial charge in [0.15, 0.2) is 0 Å². The number of halogens is 1. The van der Waals surface area contributed by atoms with Crippen LogP contribution in [-0.4, -0.2) is 60.5 Å². The van der Waals surface area contributed by atoms with Gasteiger partial charge in [0.05, 0.1) is 24.2 Å². The van der Waals surface area contributed by atoms with Crippen molar-refractivity contribution in [2.24, 2.45) is 11.8 Å². The van der Waals surface area contributed by atoms with E-state index >= 15 is 0 Å². The maximum Gasteiger partial charge on any atom is 0.355 e. The first-order valence-electron chi connectivity index (χ1n) is 8.18. The Bertz CT molecular complexity index is 590. The minimum atomic E-state index is -1.34. The van der Waals surface area contributed by atoms with Gasteiger partial charge in [0.25, 0.3) is 0 Å². The summed E-state index contributed by atoms with van der Waals surface area (Å²) in [6, 6.07) is -0.387. The molecule has 2 aliphatic heterocycles. The summed E-state index contributed by atoms with van der Waals surface area (Å²) in [7, 11) is 1.57. The second-order valence-corrected chi connectivity index (χ2v) is 6.40. The molecule has 2 heterocycles. The molecule has 0 spiro atoms. The van der Waals surface area contributed by atoms with Crippen molar-refractivity contribution in [3.05, 3.63) is 23.9 Å². The molecule has 5 atom stereocenters. The van der Waals surface area contributed by atoms with Crippen molar-refractivity contribution in [1.82, 2.24) is 4.90 Å². The summed E-state index contributed by atoms with van der Waals surface area (Å²) >= 11 is 0. The second-order valence-electron chi connectivity index (χ2n) is 6.40. The van der Waals surface area contributed by atoms with E-state index in [0.717, 1.165) is 24.8 Å². The molecule has 1 unspecified atom stereocenters. The summed E-state index contributed by atoms with van der Waals surface area (Å²) < 4.78 is 23.6. The average Bonchev–Trinajstić information content (AvgIpc) is 2.90. The van der Waals surface area contributed by atoms with Crippen LogP contribution in [0.3, 0.4) is 0 Å². The quantitative estimate of drug-likeness (QED) is 0.443. The van der Waals surface area contributed by atoms with Gasteiger partial charge in [0.1, 0.15) is 19.0 Å². The zero-order chi connectivity index (χ0) is 17.4. The largest absolute Gasteiger partial charge is 0.457 e. The molecule has 6 nitrogen and oxygen atoms in total. The molecule has 3 rings (SSSR count). The first-order valence-corrected chi connectivity index (χ1v) is 8.18. The van der Waals surface area contributed by atoms with E-state index in [1.807, 2.05) is 0 Å². The van der Waals surface area contributed by atoms with Crippen LogP contribution in [0.1, 0.15) is 19.3 Å². The van der Waals surface area contributed by atoms with E-state index in [9.17, 15) is 19.1 Å². The van der Waals surface area contributed by atoms with Crippen LogP contribution < -0.4 is 0 Å². The molecule has 1 saturated heterocycles. The van der Waals surface area contributed by atoms with E-state index in [0.29, 0.717) is 0 Å². The normalized spacial score (nSPS) is 32.8. The maximum atomic E-state index is 12.9. The topological polar surface area (TPSA) is 76.1 Å². The minimum Gasteiger partial charge on any atom is -0.457 e. The van der Waals surface area contributed by atoms with E-state index in [4.69, 9.17) is 9.47 Å². The fourth-order valence-electron chi connectivity index (χ4n) is 4.27. The number of carbonyl (C=O) groups is 2. The van der Waals surface area contributed by atoms with Crippen molar-refractivity contribution in [2.45, 2.75) is 37.5 Å². The summed E-state index contributed by atoms with van der Waals surface area (Å²) in [4.78, 5) is 26.3. The molecule has 3 aliphatic rings. The van der Waals surface area contributed by atoms with Crippen LogP contribution in [0.15, 0.2) is 23.9 Å². The number of methoxy groups -OCH3 is 1. The highest BCUT2D eigenvalue weighted by atomic mass is 19.1. The van der Waals surface area contributed by atoms with Gasteiger partial charge < -0.3 is 19.5 Å². The highest BCUT2D eigenvalue weighted by Crippen LogP contribution is 2.52. The van der Waals surface area contributed by atoms with Crippen LogP contribution in [0.5, 0.6) is 0 Å². The van der Waals surface area contributed by atoms with E-state index < -0.39 is 30.6 Å². The molecule has 1 N–H and O–H groups in total. The Labute approximate surface area is 139 Å². The number of rotatable bonds is 6. The molecular weight excluding hydrogens is 317 g/mol. The number of ether oxygens (including phenoxy) is 2. The Morgan fingerprint density at radius 2 is 2.29 bits per heavy atom. The molecule has 1 saturated carbocycles. The van der Waals surface area contributed by atoms with Crippen LogP contribution in [0, 0.1) is 11.8 Å². The van der Waals surface area contributed by atoms with Gasteiger partial charge in [-0.25, -0.2) is 9.18 Å². The number of hydrogen-bond acceptors (Lipinski definition) is 5. The molecule has 0 bridgehead atoms. The number of hydrogen-bond donors (Lipinski definition) is 1. The molecule has 1 amide bonds. The second kappa shape index (κ2) is 6.64. The van der Waals surface area contributed by atoms with E-state index in [-0.39, 0.29) is 30.4 Å². The number of β-lactam (4-membered cyclic amide) rings is 1. The molecular formula is C17H22FNO5. The fraction of sp³-hybridized carbons (Fsp3) is 0.647. The lowest BCUT2D eigenvalue weighted by molar-refractivity contribution is -0.166. The van der Waals surface area contributed by atoms with Crippen LogP contribution >= 0.6 is 0 Å². The molecule has 2 fully saturated rings. The number of aliphatic hydroxyl groups excluding tert-OH is 1. The highest BCUT2D eigenvalue weighted by Gasteiger charge is 2.63. The Morgan fingerprint density at radius 1 is 1.54 bits per heavy atom. The molecule has 0 aromatic carbocycles. The molecule has 7 heteroatoms. The molecule has 24 heavy (non-hydrogen) atoms. The molecule has 1 aliphatic carbocycles. The van der Waals surface area contributed by atoms with Gasteiger partial charge >= 0.3 is 5.97 Å². The number of fused-ring (bicyclic) bond motifs is 3. The van der Waals surface area contributed by atoms with Crippen molar-refractivity contribution in [3.8, 4) is 0 Å². The number of aliphatic hydroxyl groups is 1. The number of alkyl halides is 1. The van der Waals surface area contributed by atoms with Crippen molar-refractivity contribution < 1.29 is 28.6 Å². The van der Waals surface area contributed by atoms with Crippen LogP contribution in [0.4, 0.5) is 4.39 Å². The van der Waals surface area contributed by atoms with Gasteiger partial charge in [0.2, 0.25) is 5.91 Å². The minimum absolute atomic E-state index is 0.0428. The summed E-state index contributed by atoms with van der Waals surface area (Å²) in [5.41, 5.74) is 0.968. The van der Waals surface area contributed by atoms with Gasteiger partial charge in [-0.3, -0.25) is 4.79 Å². The predicted octanol–water partition coefficient (Wildman–Crippen LogP) is 0.956. The van der Waals surface area contributed by atoms with Crippen LogP contribution in [0.2, 0.25) is 0 Å². The Kier molecular flexibility index (Phi) is 4.73. The monoisotopic (exact) mass is 339 g/mol. The van der Waals surface area contributed by atoms with Gasteiger partial charge in [-0.1, -0.05) is 12.7 Å². The first kappa shape index (κ1) is 17.1. The maximum absolute atomic E-state index is 12.9. The third-order valence-corrected chi connectivity index (χ3v) is 5.23. The van der Waals surface area contributed by atoms with Gasteiger partial charge in [-0.05, 0) is 24.8 Å². The average molecular weight is 339 g/mol. The van der Waals surface area contributed by atoms with Crippen molar-refractivity contribution in [3.63, 3.8) is 0 Å². The number of amides is 1. The molecule has 0 aromatic heterocycles. The molecule has 0 radical (unpaired) electrons. The van der Waals surface area contributed by atoms with Gasteiger partial charge in [-0.2, -0.15) is 0 Å². The van der Waals surface area contributed by atoms with E-state index in [2.05, 4.69) is 6.58 Å². The van der Waals surface area contributed by atoms with Crippen molar-refractivity contribution in [1.29, 1.82) is 0 Å². The Hall–Kier alpha value is -1.73. The Morgan fingerprint density at radius 3 is 2.92 bits per heavy atom. The van der Waals surface area contributed by atoms with Crippen LogP contribution in [0.25, 0.3) is 0 Å². The molecule has 132 valence electrons. The number of esters is 1. The lowest BCUT2D eigenvalue weighted by Crippen LogP contribution is -2.64. The number of nitrogens with zero attached hydrogens (tertiary/aromatic N) is 1. The summed E-state index contributed by atoms with van der Waals surface area (Å²) in [5.74, 6) is -1.93. The summed E-state index contributed by atoms with van der Waals surface area (Å²) in [6.45, 7) is 2.57. The summed E-state index contributed by atoms with van der Waals surface area (Å²) in [6.07, 6.45) is 2.26. The first-order chi connectivity index (χ1) is 11.6. The number of carbonyl (C=O) groups excluding carboxylic acids is 2. The van der Waals surface area contributed by atoms with E-state index in [1.165, 1.54) is 11.0 Å². The lowest BCUT2D eigenvalue weighted by Gasteiger charge is -2.47. The van der Waals surface area contributed by atoms with Crippen molar-refractivity contribution in [2.75, 3.05) is 20.4 Å². The Balaban J connectivity index is 1.98. The van der Waals surface area contributed by atoms with Crippen molar-refractivity contribution >= 4 is 11.9 Å². The van der Waals surface area contributed by atoms with E-state index in [1.54, 1.807) is 7.11 Å². The standard InChI is InChI=1S/C17H22FNO5/c1-3-7-24-17(22)15-12-9(5-4-6-11(12)23-2)14-13(10(20)8-18)16(21)19(14)15/h3,9-11,13-14,20H,1,4-8H2,2H3/t9?,10-,11+,13-,14-/m1/s1. The van der Waals surface area contributed by atoms with Gasteiger partial charge in [-0.15, -0.1) is 0 Å². The SMILES string of the molecule is C=CCOC(=O)C1=C2C(CCC[C@@H]2OC)[C@@H]2[C@@H]([C@H](O)CF)C(=O)N12. The smallest absolute Gasteiger partial charge is 0.355 e. The third-order valence-electron chi connectivity index (χ3n) is 5.23. The lowest BCUT2D eigenvalue weighted by atomic mass is 9.71. The molecule has 0 aromatic rings. The third kappa shape index (κ3) is 2.38. The predicted molar refractivity (Wildman–Crippen MR) is 82.4 cm³/mol. The fourth-order valence-corrected chi connectivity index (χ4v) is 4.27.